The zero-order valence-electron chi connectivity index (χ0n) is 38.5. The summed E-state index contributed by atoms with van der Waals surface area (Å²) >= 11 is 1.48. The van der Waals surface area contributed by atoms with Gasteiger partial charge in [0.15, 0.2) is 11.5 Å². The second kappa shape index (κ2) is 22.0. The summed E-state index contributed by atoms with van der Waals surface area (Å²) in [5.74, 6) is -0.548. The molecule has 4 aliphatic rings. The molecule has 0 aliphatic carbocycles. The van der Waals surface area contributed by atoms with Crippen molar-refractivity contribution >= 4 is 63.3 Å². The fourth-order valence-electron chi connectivity index (χ4n) is 9.35. The number of rotatable bonds is 21. The zero-order valence-corrected chi connectivity index (χ0v) is 40.2. The molecule has 0 saturated carbocycles. The minimum absolute atomic E-state index is 0.0211. The number of imide groups is 2. The van der Waals surface area contributed by atoms with Gasteiger partial charge >= 0.3 is 0 Å². The van der Waals surface area contributed by atoms with E-state index >= 15 is 0 Å². The van der Waals surface area contributed by atoms with Crippen LogP contribution in [0.3, 0.4) is 0 Å². The molecule has 8 rings (SSSR count). The molecule has 3 aromatic carbocycles. The Balaban J connectivity index is 0.753. The Morgan fingerprint density at radius 3 is 2.53 bits per heavy atom. The number of fused-ring (bicyclic) bond motifs is 2. The highest BCUT2D eigenvalue weighted by Crippen LogP contribution is 2.39. The summed E-state index contributed by atoms with van der Waals surface area (Å²) in [4.78, 5) is 84.2. The highest BCUT2D eigenvalue weighted by molar-refractivity contribution is 7.84. The SMILES string of the molecule is CCOc1cc(C(CS(C)=O)N2C(=O)c3cccc(NC(=O)CCCCCCC4CN(Cc5ccc(OCc6scc7c6CN(C6CCC(=O)NC6=O)C7=O)cc5)CCO4)c3C2=O)ccc1OC. The molecule has 18 heteroatoms. The first-order chi connectivity index (χ1) is 32.9. The number of anilines is 1. The van der Waals surface area contributed by atoms with Crippen LogP contribution in [0.1, 0.15) is 117 Å². The maximum Gasteiger partial charge on any atom is 0.264 e. The molecule has 6 amide bonds. The predicted octanol–water partition coefficient (Wildman–Crippen LogP) is 6.39. The summed E-state index contributed by atoms with van der Waals surface area (Å²) in [6.45, 7) is 5.95. The molecule has 2 saturated heterocycles. The number of methoxy groups -OCH3 is 1. The van der Waals surface area contributed by atoms with Gasteiger partial charge in [0, 0.05) is 77.6 Å². The molecule has 4 atom stereocenters. The molecule has 2 N–H and O–H groups in total. The van der Waals surface area contributed by atoms with E-state index < -0.39 is 40.6 Å². The minimum atomic E-state index is -1.36. The van der Waals surface area contributed by atoms with E-state index in [1.165, 1.54) is 24.7 Å². The molecule has 0 radical (unpaired) electrons. The van der Waals surface area contributed by atoms with Gasteiger partial charge in [0.2, 0.25) is 17.7 Å². The lowest BCUT2D eigenvalue weighted by Crippen LogP contribution is -2.52. The number of ether oxygens (including phenoxy) is 4. The summed E-state index contributed by atoms with van der Waals surface area (Å²) < 4.78 is 36.0. The van der Waals surface area contributed by atoms with Crippen LogP contribution < -0.4 is 24.8 Å². The van der Waals surface area contributed by atoms with Crippen LogP contribution in [0.5, 0.6) is 17.2 Å². The molecular formula is C50H57N5O11S2. The fraction of sp³-hybridized carbons (Fsp3) is 0.440. The van der Waals surface area contributed by atoms with Crippen molar-refractivity contribution < 1.29 is 51.9 Å². The van der Waals surface area contributed by atoms with Crippen LogP contribution in [0.4, 0.5) is 5.69 Å². The van der Waals surface area contributed by atoms with E-state index in [-0.39, 0.29) is 59.2 Å². The molecule has 1 aromatic heterocycles. The van der Waals surface area contributed by atoms with Crippen LogP contribution in [0.15, 0.2) is 66.0 Å². The van der Waals surface area contributed by atoms with Crippen LogP contribution >= 0.6 is 11.3 Å². The minimum Gasteiger partial charge on any atom is -0.493 e. The first-order valence-electron chi connectivity index (χ1n) is 23.1. The number of nitrogens with one attached hydrogen (secondary N) is 2. The largest absolute Gasteiger partial charge is 0.493 e. The number of unbranched alkanes of at least 4 members (excludes halogenated alkanes) is 3. The van der Waals surface area contributed by atoms with E-state index in [4.69, 9.17) is 18.9 Å². The van der Waals surface area contributed by atoms with Crippen molar-refractivity contribution in [2.24, 2.45) is 0 Å². The summed E-state index contributed by atoms with van der Waals surface area (Å²) in [5, 5.41) is 7.05. The van der Waals surface area contributed by atoms with Gasteiger partial charge in [-0.1, -0.05) is 43.5 Å². The fourth-order valence-corrected chi connectivity index (χ4v) is 11.1. The van der Waals surface area contributed by atoms with Gasteiger partial charge in [-0.2, -0.15) is 0 Å². The lowest BCUT2D eigenvalue weighted by molar-refractivity contribution is -0.137. The van der Waals surface area contributed by atoms with E-state index in [0.29, 0.717) is 61.8 Å². The van der Waals surface area contributed by atoms with E-state index in [2.05, 4.69) is 27.7 Å². The maximum atomic E-state index is 14.0. The van der Waals surface area contributed by atoms with Crippen LogP contribution in [0, 0.1) is 0 Å². The topological polar surface area (TPSA) is 190 Å². The molecule has 0 spiro atoms. The second-order valence-corrected chi connectivity index (χ2v) is 19.9. The third-order valence-corrected chi connectivity index (χ3v) is 14.6. The number of hydrogen-bond acceptors (Lipinski definition) is 13. The van der Waals surface area contributed by atoms with E-state index in [1.54, 1.807) is 41.3 Å². The maximum absolute atomic E-state index is 14.0. The van der Waals surface area contributed by atoms with Crippen molar-refractivity contribution in [2.75, 3.05) is 50.7 Å². The number of hydrogen-bond donors (Lipinski definition) is 2. The summed E-state index contributed by atoms with van der Waals surface area (Å²) in [7, 11) is 0.160. The van der Waals surface area contributed by atoms with Crippen molar-refractivity contribution in [3.8, 4) is 17.2 Å². The Kier molecular flexibility index (Phi) is 15.7. The third-order valence-electron chi connectivity index (χ3n) is 12.8. The van der Waals surface area contributed by atoms with Gasteiger partial charge in [-0.3, -0.25) is 48.1 Å². The first kappa shape index (κ1) is 48.5. The Labute approximate surface area is 402 Å². The Hall–Kier alpha value is -5.95. The number of piperidine rings is 1. The molecular weight excluding hydrogens is 911 g/mol. The number of benzene rings is 3. The predicted molar refractivity (Wildman–Crippen MR) is 255 cm³/mol. The van der Waals surface area contributed by atoms with Crippen molar-refractivity contribution in [3.05, 3.63) is 104 Å². The van der Waals surface area contributed by atoms with Crippen molar-refractivity contribution in [1.29, 1.82) is 0 Å². The molecule has 68 heavy (non-hydrogen) atoms. The Morgan fingerprint density at radius 1 is 0.956 bits per heavy atom. The van der Waals surface area contributed by atoms with E-state index in [9.17, 15) is 33.0 Å². The Morgan fingerprint density at radius 2 is 1.76 bits per heavy atom. The van der Waals surface area contributed by atoms with Gasteiger partial charge < -0.3 is 29.2 Å². The number of amides is 6. The van der Waals surface area contributed by atoms with Gasteiger partial charge in [0.1, 0.15) is 18.4 Å². The van der Waals surface area contributed by atoms with Crippen molar-refractivity contribution in [1.82, 2.24) is 20.0 Å². The number of carbonyl (C=O) groups is 6. The standard InChI is InChI=1S/C50H57N5O11S2/c1-4-64-42-24-32(16-20-41(42)63-2)40(30-68(3)62)55-49(60)35-11-9-12-38(46(35)50(55)61)51-44(56)13-8-6-5-7-10-34-26-53(22-23-65-34)25-31-14-17-33(18-15-31)66-28-43-36-27-54(48(59)37(36)29-67-43)39-19-21-45(57)52-47(39)58/h9,11-12,14-18,20,24,29,34,39-40H,4-8,10,13,19,21-23,25-28,30H2,1-3H3,(H,51,56)(H,52,57,58). The average Bonchev–Trinajstić information content (AvgIpc) is 3.96. The molecule has 2 fully saturated rings. The second-order valence-electron chi connectivity index (χ2n) is 17.4. The van der Waals surface area contributed by atoms with Crippen molar-refractivity contribution in [3.63, 3.8) is 0 Å². The van der Waals surface area contributed by atoms with Gasteiger partial charge in [0.25, 0.3) is 17.7 Å². The highest BCUT2D eigenvalue weighted by Gasteiger charge is 2.43. The zero-order chi connectivity index (χ0) is 47.9. The van der Waals surface area contributed by atoms with Crippen LogP contribution in [-0.4, -0.2) is 112 Å². The molecule has 16 nitrogen and oxygen atoms in total. The number of morpholine rings is 1. The monoisotopic (exact) mass is 967 g/mol. The molecule has 360 valence electrons. The quantitative estimate of drug-likeness (QED) is 0.0693. The van der Waals surface area contributed by atoms with Gasteiger partial charge in [-0.05, 0) is 73.7 Å². The number of carbonyl (C=O) groups excluding carboxylic acids is 6. The molecule has 4 aliphatic heterocycles. The number of nitrogens with zero attached hydrogens (tertiary/aromatic N) is 3. The number of thiophene rings is 1. The van der Waals surface area contributed by atoms with Crippen LogP contribution in [-0.2, 0) is 49.6 Å². The summed E-state index contributed by atoms with van der Waals surface area (Å²) in [6.07, 6.45) is 6.79. The summed E-state index contributed by atoms with van der Waals surface area (Å²) in [5.41, 5.74) is 3.80. The molecule has 4 aromatic rings. The highest BCUT2D eigenvalue weighted by atomic mass is 32.2. The van der Waals surface area contributed by atoms with E-state index in [0.717, 1.165) is 72.0 Å². The summed E-state index contributed by atoms with van der Waals surface area (Å²) in [6, 6.07) is 16.5. The van der Waals surface area contributed by atoms with Gasteiger partial charge in [-0.15, -0.1) is 11.3 Å². The normalized spacial score (nSPS) is 19.1. The molecule has 4 unspecified atom stereocenters. The lowest BCUT2D eigenvalue weighted by atomic mass is 10.0. The molecule has 0 bridgehead atoms. The lowest BCUT2D eigenvalue weighted by Gasteiger charge is -2.33. The van der Waals surface area contributed by atoms with E-state index in [1.807, 2.05) is 24.4 Å². The van der Waals surface area contributed by atoms with Gasteiger partial charge in [0.05, 0.1) is 54.8 Å². The van der Waals surface area contributed by atoms with Crippen molar-refractivity contribution in [2.45, 2.75) is 96.2 Å². The third kappa shape index (κ3) is 11.0. The smallest absolute Gasteiger partial charge is 0.264 e. The van der Waals surface area contributed by atoms with Crippen LogP contribution in [0.2, 0.25) is 0 Å². The molecule has 5 heterocycles. The van der Waals surface area contributed by atoms with Gasteiger partial charge in [-0.25, -0.2) is 0 Å². The Bertz CT molecular complexity index is 2580. The van der Waals surface area contributed by atoms with Crippen LogP contribution in [0.25, 0.3) is 0 Å². The first-order valence-corrected chi connectivity index (χ1v) is 25.7. The average molecular weight is 968 g/mol.